The Morgan fingerprint density at radius 3 is 2.74 bits per heavy atom. The van der Waals surface area contributed by atoms with Gasteiger partial charge in [0.25, 0.3) is 0 Å². The van der Waals surface area contributed by atoms with Gasteiger partial charge in [0, 0.05) is 42.0 Å². The highest BCUT2D eigenvalue weighted by molar-refractivity contribution is 7.19. The molecule has 0 radical (unpaired) electrons. The van der Waals surface area contributed by atoms with Crippen molar-refractivity contribution in [3.8, 4) is 5.75 Å². The number of hydrogen-bond acceptors (Lipinski definition) is 9. The monoisotopic (exact) mass is 484 g/mol. The normalized spacial score (nSPS) is 12.5. The molecule has 10 heteroatoms. The van der Waals surface area contributed by atoms with Crippen LogP contribution in [0.5, 0.6) is 5.75 Å². The fraction of sp³-hybridized carbons (Fsp3) is 0.417. The highest BCUT2D eigenvalue weighted by atomic mass is 32.1. The van der Waals surface area contributed by atoms with E-state index in [4.69, 9.17) is 21.0 Å². The van der Waals surface area contributed by atoms with E-state index in [9.17, 15) is 4.79 Å². The van der Waals surface area contributed by atoms with Crippen molar-refractivity contribution in [2.45, 2.75) is 45.6 Å². The SMILES string of the molecule is CC(C)Oc1cc(N)c(C=N)cc1Nc1ncnc2sc3c(c12)CCCC3.CN(C=O)CCO. The Morgan fingerprint density at radius 2 is 2.09 bits per heavy atom. The minimum Gasteiger partial charge on any atom is -0.489 e. The van der Waals surface area contributed by atoms with E-state index in [2.05, 4.69) is 15.3 Å². The highest BCUT2D eigenvalue weighted by Gasteiger charge is 2.21. The van der Waals surface area contributed by atoms with Gasteiger partial charge in [-0.2, -0.15) is 0 Å². The quantitative estimate of drug-likeness (QED) is 0.217. The summed E-state index contributed by atoms with van der Waals surface area (Å²) in [6.07, 6.45) is 8.17. The lowest BCUT2D eigenvalue weighted by molar-refractivity contribution is -0.117. The number of nitrogens with two attached hydrogens (primary N) is 1. The van der Waals surface area contributed by atoms with Crippen LogP contribution in [0.15, 0.2) is 18.5 Å². The molecular weight excluding hydrogens is 452 g/mol. The summed E-state index contributed by atoms with van der Waals surface area (Å²) in [5, 5.41) is 20.3. The molecule has 2 aromatic heterocycles. The van der Waals surface area contributed by atoms with Crippen LogP contribution in [0, 0.1) is 5.41 Å². The number of amides is 1. The van der Waals surface area contributed by atoms with Gasteiger partial charge in [-0.15, -0.1) is 11.3 Å². The molecule has 5 N–H and O–H groups in total. The third-order valence-corrected chi connectivity index (χ3v) is 6.54. The van der Waals surface area contributed by atoms with Crippen LogP contribution in [-0.2, 0) is 17.6 Å². The van der Waals surface area contributed by atoms with Gasteiger partial charge in [0.1, 0.15) is 22.7 Å². The van der Waals surface area contributed by atoms with Crippen LogP contribution in [0.25, 0.3) is 10.2 Å². The van der Waals surface area contributed by atoms with Crippen molar-refractivity contribution in [3.05, 3.63) is 34.5 Å². The van der Waals surface area contributed by atoms with E-state index in [0.29, 0.717) is 30.0 Å². The number of anilines is 3. The number of carbonyl (C=O) groups is 1. The number of ether oxygens (including phenoxy) is 1. The van der Waals surface area contributed by atoms with E-state index < -0.39 is 0 Å². The Balaban J connectivity index is 0.000000406. The number of nitrogens with one attached hydrogen (secondary N) is 2. The third-order valence-electron chi connectivity index (χ3n) is 5.34. The molecule has 0 bridgehead atoms. The summed E-state index contributed by atoms with van der Waals surface area (Å²) in [4.78, 5) is 22.5. The number of carbonyl (C=O) groups excluding carboxylic acids is 1. The fourth-order valence-electron chi connectivity index (χ4n) is 3.71. The number of aromatic nitrogens is 2. The molecular formula is C24H32N6O3S. The van der Waals surface area contributed by atoms with Gasteiger partial charge < -0.3 is 31.2 Å². The van der Waals surface area contributed by atoms with Crippen LogP contribution >= 0.6 is 11.3 Å². The number of aliphatic hydroxyl groups excluding tert-OH is 1. The lowest BCUT2D eigenvalue weighted by Crippen LogP contribution is -2.19. The maximum absolute atomic E-state index is 9.71. The number of hydrogen-bond donors (Lipinski definition) is 4. The number of aryl methyl sites for hydroxylation is 2. The van der Waals surface area contributed by atoms with Crippen LogP contribution < -0.4 is 15.8 Å². The van der Waals surface area contributed by atoms with Gasteiger partial charge in [0.15, 0.2) is 0 Å². The summed E-state index contributed by atoms with van der Waals surface area (Å²) in [5.74, 6) is 1.44. The molecule has 9 nitrogen and oxygen atoms in total. The number of rotatable bonds is 8. The average Bonchev–Trinajstić information content (AvgIpc) is 3.20. The number of benzene rings is 1. The second kappa shape index (κ2) is 11.8. The maximum Gasteiger partial charge on any atom is 0.209 e. The largest absolute Gasteiger partial charge is 0.489 e. The van der Waals surface area contributed by atoms with Gasteiger partial charge in [0.05, 0.1) is 23.8 Å². The first-order valence-corrected chi connectivity index (χ1v) is 12.1. The Labute approximate surface area is 203 Å². The minimum atomic E-state index is 0.00936. The predicted octanol–water partition coefficient (Wildman–Crippen LogP) is 3.75. The molecule has 0 fully saturated rings. The molecule has 0 aliphatic heterocycles. The number of fused-ring (bicyclic) bond motifs is 3. The second-order valence-electron chi connectivity index (χ2n) is 8.34. The summed E-state index contributed by atoms with van der Waals surface area (Å²) < 4.78 is 5.95. The molecule has 3 aromatic rings. The molecule has 0 atom stereocenters. The van der Waals surface area contributed by atoms with Crippen LogP contribution in [0.1, 0.15) is 42.7 Å². The zero-order chi connectivity index (χ0) is 24.7. The first kappa shape index (κ1) is 25.4. The Morgan fingerprint density at radius 1 is 1.32 bits per heavy atom. The van der Waals surface area contributed by atoms with Gasteiger partial charge >= 0.3 is 0 Å². The molecule has 0 spiro atoms. The smallest absolute Gasteiger partial charge is 0.209 e. The Hall–Kier alpha value is -3.24. The van der Waals surface area contributed by atoms with Crippen molar-refractivity contribution >= 4 is 51.4 Å². The van der Waals surface area contributed by atoms with Crippen molar-refractivity contribution < 1.29 is 14.6 Å². The summed E-state index contributed by atoms with van der Waals surface area (Å²) in [6, 6.07) is 3.61. The molecule has 0 saturated carbocycles. The van der Waals surface area contributed by atoms with Gasteiger partial charge in [-0.05, 0) is 51.2 Å². The first-order valence-electron chi connectivity index (χ1n) is 11.3. The van der Waals surface area contributed by atoms with E-state index in [1.807, 2.05) is 19.9 Å². The van der Waals surface area contributed by atoms with Crippen LogP contribution in [0.3, 0.4) is 0 Å². The van der Waals surface area contributed by atoms with E-state index in [1.165, 1.54) is 34.4 Å². The Kier molecular flexibility index (Phi) is 8.78. The third kappa shape index (κ3) is 6.00. The number of likely N-dealkylation sites (N-methyl/N-ethyl adjacent to an activating group) is 1. The van der Waals surface area contributed by atoms with Crippen molar-refractivity contribution in [2.24, 2.45) is 0 Å². The fourth-order valence-corrected chi connectivity index (χ4v) is 4.94. The number of nitrogens with zero attached hydrogens (tertiary/aromatic N) is 3. The zero-order valence-corrected chi connectivity index (χ0v) is 20.6. The summed E-state index contributed by atoms with van der Waals surface area (Å²) in [7, 11) is 1.61. The number of thiophene rings is 1. The molecule has 0 saturated heterocycles. The van der Waals surface area contributed by atoms with Crippen molar-refractivity contribution in [1.29, 1.82) is 5.41 Å². The van der Waals surface area contributed by atoms with E-state index in [1.54, 1.807) is 30.8 Å². The summed E-state index contributed by atoms with van der Waals surface area (Å²) in [5.41, 5.74) is 9.35. The lowest BCUT2D eigenvalue weighted by Gasteiger charge is -2.18. The topological polar surface area (TPSA) is 137 Å². The van der Waals surface area contributed by atoms with Gasteiger partial charge in [-0.1, -0.05) is 0 Å². The molecule has 1 aliphatic rings. The summed E-state index contributed by atoms with van der Waals surface area (Å²) >= 11 is 1.77. The van der Waals surface area contributed by atoms with Crippen molar-refractivity contribution in [1.82, 2.24) is 14.9 Å². The van der Waals surface area contributed by atoms with Crippen LogP contribution in [-0.4, -0.2) is 58.9 Å². The zero-order valence-electron chi connectivity index (χ0n) is 19.8. The molecule has 1 aromatic carbocycles. The van der Waals surface area contributed by atoms with Crippen LogP contribution in [0.4, 0.5) is 17.2 Å². The standard InChI is InChI=1S/C20H23N5OS.C4H9NO2/c1-11(2)26-16-8-14(22)12(9-21)7-15(16)25-19-18-13-5-3-4-6-17(13)27-20(18)24-10-23-19;1-5(4-7)2-3-6/h7-11,21H,3-6,22H2,1-2H3,(H,23,24,25);4,6H,2-3H2,1H3. The second-order valence-corrected chi connectivity index (χ2v) is 9.42. The van der Waals surface area contributed by atoms with Crippen molar-refractivity contribution in [2.75, 3.05) is 31.2 Å². The molecule has 182 valence electrons. The Bertz CT molecular complexity index is 1150. The first-order chi connectivity index (χ1) is 16.4. The highest BCUT2D eigenvalue weighted by Crippen LogP contribution is 2.40. The summed E-state index contributed by atoms with van der Waals surface area (Å²) in [6.45, 7) is 4.41. The predicted molar refractivity (Wildman–Crippen MR) is 138 cm³/mol. The van der Waals surface area contributed by atoms with E-state index in [-0.39, 0.29) is 12.7 Å². The molecule has 4 rings (SSSR count). The molecule has 1 amide bonds. The van der Waals surface area contributed by atoms with Gasteiger partial charge in [0.2, 0.25) is 6.41 Å². The lowest BCUT2D eigenvalue weighted by atomic mass is 9.97. The van der Waals surface area contributed by atoms with Gasteiger partial charge in [-0.25, -0.2) is 9.97 Å². The van der Waals surface area contributed by atoms with Crippen LogP contribution in [0.2, 0.25) is 0 Å². The maximum atomic E-state index is 9.71. The molecule has 0 unspecified atom stereocenters. The van der Waals surface area contributed by atoms with Crippen molar-refractivity contribution in [3.63, 3.8) is 0 Å². The minimum absolute atomic E-state index is 0.00936. The van der Waals surface area contributed by atoms with Gasteiger partial charge in [-0.3, -0.25) is 4.79 Å². The molecule has 1 aliphatic carbocycles. The van der Waals surface area contributed by atoms with E-state index in [0.717, 1.165) is 34.6 Å². The number of aliphatic hydroxyl groups is 1. The number of nitrogen functional groups attached to an aromatic ring is 1. The molecule has 34 heavy (non-hydrogen) atoms. The average molecular weight is 485 g/mol. The van der Waals surface area contributed by atoms with E-state index >= 15 is 0 Å². The molecule has 2 heterocycles.